The summed E-state index contributed by atoms with van der Waals surface area (Å²) < 4.78 is 15.4. The van der Waals surface area contributed by atoms with Gasteiger partial charge in [-0.25, -0.2) is 0 Å². The van der Waals surface area contributed by atoms with E-state index in [1.807, 2.05) is 13.8 Å². The SMILES string of the molecule is CCOc1cc(C(=O)CCCC(=O)OC)c(OCC)cc1Cl. The summed E-state index contributed by atoms with van der Waals surface area (Å²) in [6.07, 6.45) is 0.851. The van der Waals surface area contributed by atoms with Crippen LogP contribution in [0.25, 0.3) is 0 Å². The fraction of sp³-hybridized carbons (Fsp3) is 0.500. The minimum Gasteiger partial charge on any atom is -0.493 e. The highest BCUT2D eigenvalue weighted by atomic mass is 35.5. The first-order valence-corrected chi connectivity index (χ1v) is 7.60. The number of rotatable bonds is 9. The van der Waals surface area contributed by atoms with Gasteiger partial charge in [0, 0.05) is 18.9 Å². The molecule has 122 valence electrons. The molecule has 0 fully saturated rings. The molecule has 22 heavy (non-hydrogen) atoms. The third-order valence-corrected chi connectivity index (χ3v) is 3.24. The van der Waals surface area contributed by atoms with Crippen molar-refractivity contribution in [2.75, 3.05) is 20.3 Å². The molecule has 6 heteroatoms. The van der Waals surface area contributed by atoms with E-state index < -0.39 is 0 Å². The first-order chi connectivity index (χ1) is 10.5. The van der Waals surface area contributed by atoms with Crippen LogP contribution in [-0.2, 0) is 9.53 Å². The largest absolute Gasteiger partial charge is 0.493 e. The number of benzene rings is 1. The van der Waals surface area contributed by atoms with Crippen molar-refractivity contribution in [3.8, 4) is 11.5 Å². The third-order valence-electron chi connectivity index (χ3n) is 2.95. The molecule has 1 aromatic rings. The Morgan fingerprint density at radius 3 is 2.27 bits per heavy atom. The number of ketones is 1. The smallest absolute Gasteiger partial charge is 0.305 e. The summed E-state index contributed by atoms with van der Waals surface area (Å²) >= 11 is 6.11. The van der Waals surface area contributed by atoms with Gasteiger partial charge in [-0.3, -0.25) is 9.59 Å². The number of halogens is 1. The van der Waals surface area contributed by atoms with E-state index >= 15 is 0 Å². The van der Waals surface area contributed by atoms with E-state index in [-0.39, 0.29) is 24.6 Å². The standard InChI is InChI=1S/C16H21ClO5/c1-4-21-14-10-12(17)15(22-5-2)9-11(14)13(18)7-6-8-16(19)20-3/h9-10H,4-8H2,1-3H3. The molecule has 0 aliphatic carbocycles. The first-order valence-electron chi connectivity index (χ1n) is 7.22. The Bertz CT molecular complexity index is 528. The number of hydrogen-bond acceptors (Lipinski definition) is 5. The van der Waals surface area contributed by atoms with Gasteiger partial charge in [0.1, 0.15) is 11.5 Å². The molecular formula is C16H21ClO5. The van der Waals surface area contributed by atoms with Crippen molar-refractivity contribution in [1.29, 1.82) is 0 Å². The van der Waals surface area contributed by atoms with Crippen molar-refractivity contribution in [1.82, 2.24) is 0 Å². The predicted molar refractivity (Wildman–Crippen MR) is 84.0 cm³/mol. The summed E-state index contributed by atoms with van der Waals surface area (Å²) in [4.78, 5) is 23.4. The average Bonchev–Trinajstić information content (AvgIpc) is 2.49. The highest BCUT2D eigenvalue weighted by Gasteiger charge is 2.17. The van der Waals surface area contributed by atoms with Crippen molar-refractivity contribution in [2.45, 2.75) is 33.1 Å². The monoisotopic (exact) mass is 328 g/mol. The molecule has 0 radical (unpaired) electrons. The number of carbonyl (C=O) groups is 2. The van der Waals surface area contributed by atoms with E-state index in [0.29, 0.717) is 41.7 Å². The van der Waals surface area contributed by atoms with Crippen molar-refractivity contribution >= 4 is 23.4 Å². The number of carbonyl (C=O) groups excluding carboxylic acids is 2. The van der Waals surface area contributed by atoms with Crippen LogP contribution >= 0.6 is 11.6 Å². The van der Waals surface area contributed by atoms with Crippen LogP contribution < -0.4 is 9.47 Å². The molecule has 0 saturated heterocycles. The van der Waals surface area contributed by atoms with Crippen LogP contribution in [0.4, 0.5) is 0 Å². The van der Waals surface area contributed by atoms with E-state index in [2.05, 4.69) is 4.74 Å². The molecule has 5 nitrogen and oxygen atoms in total. The second-order valence-electron chi connectivity index (χ2n) is 4.50. The Balaban J connectivity index is 2.91. The van der Waals surface area contributed by atoms with E-state index in [1.54, 1.807) is 12.1 Å². The van der Waals surface area contributed by atoms with Gasteiger partial charge in [0.05, 0.1) is 30.9 Å². The van der Waals surface area contributed by atoms with Gasteiger partial charge in [-0.15, -0.1) is 0 Å². The van der Waals surface area contributed by atoms with Crippen LogP contribution in [0.2, 0.25) is 5.02 Å². The van der Waals surface area contributed by atoms with Gasteiger partial charge in [0.25, 0.3) is 0 Å². The van der Waals surface area contributed by atoms with E-state index in [4.69, 9.17) is 21.1 Å². The third kappa shape index (κ3) is 5.22. The number of methoxy groups -OCH3 is 1. The second kappa shape index (κ2) is 9.30. The molecule has 0 bridgehead atoms. The first kappa shape index (κ1) is 18.3. The number of ether oxygens (including phenoxy) is 3. The fourth-order valence-corrected chi connectivity index (χ4v) is 2.13. The van der Waals surface area contributed by atoms with E-state index in [0.717, 1.165) is 0 Å². The zero-order valence-corrected chi connectivity index (χ0v) is 13.9. The van der Waals surface area contributed by atoms with Crippen LogP contribution in [0.15, 0.2) is 12.1 Å². The molecule has 0 atom stereocenters. The number of Topliss-reactive ketones (excluding diaryl/α,β-unsaturated/α-hetero) is 1. The van der Waals surface area contributed by atoms with Crippen LogP contribution in [0, 0.1) is 0 Å². The van der Waals surface area contributed by atoms with Crippen LogP contribution in [0.1, 0.15) is 43.5 Å². The number of hydrogen-bond donors (Lipinski definition) is 0. The molecular weight excluding hydrogens is 308 g/mol. The van der Waals surface area contributed by atoms with Gasteiger partial charge >= 0.3 is 5.97 Å². The lowest BCUT2D eigenvalue weighted by Crippen LogP contribution is -2.07. The lowest BCUT2D eigenvalue weighted by atomic mass is 10.0. The maximum Gasteiger partial charge on any atom is 0.305 e. The summed E-state index contributed by atoms with van der Waals surface area (Å²) in [6.45, 7) is 4.54. The highest BCUT2D eigenvalue weighted by Crippen LogP contribution is 2.33. The summed E-state index contributed by atoms with van der Waals surface area (Å²) in [7, 11) is 1.32. The van der Waals surface area contributed by atoms with Crippen molar-refractivity contribution in [2.24, 2.45) is 0 Å². The maximum atomic E-state index is 12.3. The van der Waals surface area contributed by atoms with E-state index in [1.165, 1.54) is 7.11 Å². The Hall–Kier alpha value is -1.75. The van der Waals surface area contributed by atoms with E-state index in [9.17, 15) is 9.59 Å². The van der Waals surface area contributed by atoms with Crippen LogP contribution in [0.5, 0.6) is 11.5 Å². The minimum absolute atomic E-state index is 0.120. The van der Waals surface area contributed by atoms with Gasteiger partial charge in [-0.1, -0.05) is 11.6 Å². The topological polar surface area (TPSA) is 61.8 Å². The maximum absolute atomic E-state index is 12.3. The van der Waals surface area contributed by atoms with Gasteiger partial charge < -0.3 is 14.2 Å². The molecule has 0 N–H and O–H groups in total. The molecule has 0 heterocycles. The molecule has 0 amide bonds. The lowest BCUT2D eigenvalue weighted by molar-refractivity contribution is -0.140. The molecule has 0 unspecified atom stereocenters. The Kier molecular flexibility index (Phi) is 7.74. The van der Waals surface area contributed by atoms with Gasteiger partial charge in [-0.05, 0) is 26.3 Å². The van der Waals surface area contributed by atoms with Crippen molar-refractivity contribution < 1.29 is 23.8 Å². The molecule has 1 aromatic carbocycles. The highest BCUT2D eigenvalue weighted by molar-refractivity contribution is 6.32. The molecule has 0 aromatic heterocycles. The second-order valence-corrected chi connectivity index (χ2v) is 4.90. The summed E-state index contributed by atoms with van der Waals surface area (Å²) in [5, 5.41) is 0.399. The zero-order chi connectivity index (χ0) is 16.5. The normalized spacial score (nSPS) is 10.2. The Labute approximate surface area is 135 Å². The van der Waals surface area contributed by atoms with Gasteiger partial charge in [-0.2, -0.15) is 0 Å². The molecule has 0 spiro atoms. The lowest BCUT2D eigenvalue weighted by Gasteiger charge is -2.13. The van der Waals surface area contributed by atoms with Crippen molar-refractivity contribution in [3.63, 3.8) is 0 Å². The predicted octanol–water partition coefficient (Wildman–Crippen LogP) is 3.66. The minimum atomic E-state index is -0.330. The van der Waals surface area contributed by atoms with Gasteiger partial charge in [0.15, 0.2) is 5.78 Å². The van der Waals surface area contributed by atoms with Crippen LogP contribution in [0.3, 0.4) is 0 Å². The molecule has 0 aliphatic rings. The molecule has 0 saturated carbocycles. The Morgan fingerprint density at radius 2 is 1.68 bits per heavy atom. The molecule has 0 aliphatic heterocycles. The Morgan fingerprint density at radius 1 is 1.05 bits per heavy atom. The quantitative estimate of drug-likeness (QED) is 0.511. The van der Waals surface area contributed by atoms with Crippen LogP contribution in [-0.4, -0.2) is 32.1 Å². The summed E-state index contributed by atoms with van der Waals surface area (Å²) in [5.74, 6) is 0.428. The fourth-order valence-electron chi connectivity index (χ4n) is 1.92. The molecule has 1 rings (SSSR count). The average molecular weight is 329 g/mol. The number of esters is 1. The summed E-state index contributed by atoms with van der Waals surface area (Å²) in [6, 6.07) is 3.18. The summed E-state index contributed by atoms with van der Waals surface area (Å²) in [5.41, 5.74) is 0.416. The zero-order valence-electron chi connectivity index (χ0n) is 13.1. The van der Waals surface area contributed by atoms with Crippen molar-refractivity contribution in [3.05, 3.63) is 22.7 Å². The van der Waals surface area contributed by atoms with Gasteiger partial charge in [0.2, 0.25) is 0 Å².